The Bertz CT molecular complexity index is 1160. The van der Waals surface area contributed by atoms with Gasteiger partial charge in [-0.1, -0.05) is 13.0 Å². The normalized spacial score (nSPS) is 18.8. The Hall–Kier alpha value is -2.96. The van der Waals surface area contributed by atoms with Crippen molar-refractivity contribution in [3.63, 3.8) is 0 Å². The number of nitrogens with one attached hydrogen (secondary N) is 2. The molecule has 2 aliphatic heterocycles. The fourth-order valence-corrected chi connectivity index (χ4v) is 5.74. The molecule has 2 aromatic rings. The lowest BCUT2D eigenvalue weighted by Crippen LogP contribution is -2.52. The van der Waals surface area contributed by atoms with Crippen LogP contribution in [0.15, 0.2) is 40.6 Å². The Morgan fingerprint density at radius 1 is 1.21 bits per heavy atom. The molecule has 176 valence electrons. The number of carbonyl (C=O) groups is 3. The lowest BCUT2D eigenvalue weighted by Gasteiger charge is -2.34. The highest BCUT2D eigenvalue weighted by Crippen LogP contribution is 2.33. The summed E-state index contributed by atoms with van der Waals surface area (Å²) in [5.41, 5.74) is 0.320. The van der Waals surface area contributed by atoms with Crippen molar-refractivity contribution >= 4 is 44.8 Å². The highest BCUT2D eigenvalue weighted by atomic mass is 32.2. The predicted molar refractivity (Wildman–Crippen MR) is 122 cm³/mol. The molecule has 1 fully saturated rings. The molecule has 0 spiro atoms. The predicted octanol–water partition coefficient (Wildman–Crippen LogP) is 1.12. The Labute approximate surface area is 195 Å². The number of hydrogen-bond acceptors (Lipinski definition) is 7. The highest BCUT2D eigenvalue weighted by Gasteiger charge is 2.32. The van der Waals surface area contributed by atoms with Crippen LogP contribution < -0.4 is 15.4 Å². The summed E-state index contributed by atoms with van der Waals surface area (Å²) in [5, 5.41) is 7.07. The van der Waals surface area contributed by atoms with E-state index >= 15 is 0 Å². The Kier molecular flexibility index (Phi) is 6.68. The van der Waals surface area contributed by atoms with Gasteiger partial charge in [-0.3, -0.25) is 14.4 Å². The second kappa shape index (κ2) is 9.49. The van der Waals surface area contributed by atoms with Crippen LogP contribution in [-0.2, 0) is 19.6 Å². The molecule has 0 aliphatic carbocycles. The average molecular weight is 493 g/mol. The number of ether oxygens (including phenoxy) is 1. The Morgan fingerprint density at radius 3 is 2.64 bits per heavy atom. The van der Waals surface area contributed by atoms with Crippen LogP contribution in [0.4, 0.5) is 5.69 Å². The quantitative estimate of drug-likeness (QED) is 0.623. The van der Waals surface area contributed by atoms with Gasteiger partial charge in [0, 0.05) is 26.2 Å². The number of carbonyl (C=O) groups excluding carboxylic acids is 3. The first-order valence-electron chi connectivity index (χ1n) is 10.5. The summed E-state index contributed by atoms with van der Waals surface area (Å²) in [5.74, 6) is -0.456. The third-order valence-electron chi connectivity index (χ3n) is 5.52. The zero-order valence-electron chi connectivity index (χ0n) is 17.9. The van der Waals surface area contributed by atoms with Gasteiger partial charge in [0.15, 0.2) is 6.10 Å². The number of nitrogens with zero attached hydrogens (tertiary/aromatic N) is 2. The van der Waals surface area contributed by atoms with Gasteiger partial charge in [0.05, 0.1) is 22.0 Å². The van der Waals surface area contributed by atoms with Gasteiger partial charge in [-0.15, -0.1) is 11.3 Å². The van der Waals surface area contributed by atoms with Gasteiger partial charge in [-0.25, -0.2) is 8.42 Å². The second-order valence-electron chi connectivity index (χ2n) is 7.61. The molecule has 0 unspecified atom stereocenters. The van der Waals surface area contributed by atoms with Crippen molar-refractivity contribution in [3.05, 3.63) is 40.6 Å². The van der Waals surface area contributed by atoms with E-state index in [4.69, 9.17) is 4.74 Å². The highest BCUT2D eigenvalue weighted by molar-refractivity contribution is 7.89. The molecule has 1 atom stereocenters. The number of hydrogen-bond donors (Lipinski definition) is 2. The van der Waals surface area contributed by atoms with Crippen molar-refractivity contribution in [1.82, 2.24) is 14.5 Å². The van der Waals surface area contributed by atoms with E-state index in [0.717, 1.165) is 0 Å². The smallest absolute Gasteiger partial charge is 0.265 e. The van der Waals surface area contributed by atoms with E-state index in [0.29, 0.717) is 22.7 Å². The monoisotopic (exact) mass is 492 g/mol. The Balaban J connectivity index is 1.35. The van der Waals surface area contributed by atoms with E-state index in [1.54, 1.807) is 23.6 Å². The number of benzene rings is 1. The maximum absolute atomic E-state index is 13.1. The van der Waals surface area contributed by atoms with Crippen LogP contribution in [0, 0.1) is 0 Å². The first kappa shape index (κ1) is 23.2. The molecule has 2 aliphatic rings. The lowest BCUT2D eigenvalue weighted by molar-refractivity contribution is -0.131. The number of rotatable bonds is 6. The van der Waals surface area contributed by atoms with Crippen LogP contribution in [0.2, 0.25) is 0 Å². The van der Waals surface area contributed by atoms with E-state index in [9.17, 15) is 22.8 Å². The number of thiophene rings is 1. The molecule has 1 aromatic carbocycles. The van der Waals surface area contributed by atoms with Gasteiger partial charge in [0.1, 0.15) is 5.75 Å². The molecule has 0 bridgehead atoms. The summed E-state index contributed by atoms with van der Waals surface area (Å²) in [7, 11) is -3.82. The minimum Gasteiger partial charge on any atom is -0.478 e. The fraction of sp³-hybridized carbons (Fsp3) is 0.381. The Morgan fingerprint density at radius 2 is 1.97 bits per heavy atom. The molecule has 0 saturated carbocycles. The van der Waals surface area contributed by atoms with Crippen molar-refractivity contribution < 1.29 is 27.5 Å². The van der Waals surface area contributed by atoms with Crippen molar-refractivity contribution in [2.45, 2.75) is 24.3 Å². The van der Waals surface area contributed by atoms with E-state index in [2.05, 4.69) is 10.6 Å². The van der Waals surface area contributed by atoms with Crippen LogP contribution >= 0.6 is 11.3 Å². The molecule has 3 amide bonds. The topological polar surface area (TPSA) is 125 Å². The van der Waals surface area contributed by atoms with Crippen LogP contribution in [0.5, 0.6) is 5.75 Å². The van der Waals surface area contributed by atoms with Crippen LogP contribution in [0.3, 0.4) is 0 Å². The number of fused-ring (bicyclic) bond motifs is 1. The molecule has 33 heavy (non-hydrogen) atoms. The van der Waals surface area contributed by atoms with Gasteiger partial charge in [0.25, 0.3) is 11.8 Å². The van der Waals surface area contributed by atoms with E-state index < -0.39 is 16.1 Å². The molecule has 0 radical (unpaired) electrons. The first-order chi connectivity index (χ1) is 15.8. The molecule has 2 N–H and O–H groups in total. The van der Waals surface area contributed by atoms with Gasteiger partial charge in [0.2, 0.25) is 15.9 Å². The molecule has 10 nitrogen and oxygen atoms in total. The lowest BCUT2D eigenvalue weighted by atomic mass is 10.2. The SMILES string of the molecule is CC[C@@H]1Oc2ccc(S(=O)(=O)N3CCN(C(=O)CNC(=O)c4cccs4)CC3)cc2NC1=O. The van der Waals surface area contributed by atoms with Crippen LogP contribution in [-0.4, -0.2) is 74.2 Å². The summed E-state index contributed by atoms with van der Waals surface area (Å²) in [4.78, 5) is 38.6. The van der Waals surface area contributed by atoms with E-state index in [1.165, 1.54) is 32.7 Å². The van der Waals surface area contributed by atoms with Gasteiger partial charge in [-0.2, -0.15) is 4.31 Å². The summed E-state index contributed by atoms with van der Waals surface area (Å²) >= 11 is 1.29. The molecular weight excluding hydrogens is 468 g/mol. The van der Waals surface area contributed by atoms with Crippen molar-refractivity contribution in [2.24, 2.45) is 0 Å². The number of piperazine rings is 1. The third kappa shape index (κ3) is 4.87. The van der Waals surface area contributed by atoms with Crippen molar-refractivity contribution in [1.29, 1.82) is 0 Å². The summed E-state index contributed by atoms with van der Waals surface area (Å²) in [6.45, 7) is 2.38. The molecule has 12 heteroatoms. The standard InChI is InChI=1S/C21H24N4O6S2/c1-2-16-20(27)23-15-12-14(5-6-17(15)31-16)33(29,30)25-9-7-24(8-10-25)19(26)13-22-21(28)18-4-3-11-32-18/h3-6,11-12,16H,2,7-10,13H2,1H3,(H,22,28)(H,23,27)/t16-/m0/s1. The number of sulfonamides is 1. The summed E-state index contributed by atoms with van der Waals surface area (Å²) in [6, 6.07) is 7.82. The molecule has 3 heterocycles. The first-order valence-corrected chi connectivity index (χ1v) is 12.8. The summed E-state index contributed by atoms with van der Waals surface area (Å²) < 4.78 is 33.1. The zero-order chi connectivity index (χ0) is 23.6. The number of anilines is 1. The fourth-order valence-electron chi connectivity index (χ4n) is 3.65. The van der Waals surface area contributed by atoms with Gasteiger partial charge < -0.3 is 20.3 Å². The zero-order valence-corrected chi connectivity index (χ0v) is 19.6. The maximum atomic E-state index is 13.1. The largest absolute Gasteiger partial charge is 0.478 e. The van der Waals surface area contributed by atoms with E-state index in [-0.39, 0.29) is 55.3 Å². The number of amides is 3. The summed E-state index contributed by atoms with van der Waals surface area (Å²) in [6.07, 6.45) is -0.0906. The van der Waals surface area contributed by atoms with Crippen molar-refractivity contribution in [3.8, 4) is 5.75 Å². The van der Waals surface area contributed by atoms with Gasteiger partial charge in [-0.05, 0) is 36.1 Å². The minimum atomic E-state index is -3.82. The van der Waals surface area contributed by atoms with Crippen LogP contribution in [0.1, 0.15) is 23.0 Å². The molecule has 1 aromatic heterocycles. The van der Waals surface area contributed by atoms with Crippen LogP contribution in [0.25, 0.3) is 0 Å². The van der Waals surface area contributed by atoms with Gasteiger partial charge >= 0.3 is 0 Å². The molecular formula is C21H24N4O6S2. The second-order valence-corrected chi connectivity index (χ2v) is 10.5. The molecule has 4 rings (SSSR count). The third-order valence-corrected chi connectivity index (χ3v) is 8.28. The van der Waals surface area contributed by atoms with E-state index in [1.807, 2.05) is 6.92 Å². The molecule has 1 saturated heterocycles. The minimum absolute atomic E-state index is 0.0445. The average Bonchev–Trinajstić information content (AvgIpc) is 3.36. The maximum Gasteiger partial charge on any atom is 0.265 e. The van der Waals surface area contributed by atoms with Crippen molar-refractivity contribution in [2.75, 3.05) is 38.0 Å².